The van der Waals surface area contributed by atoms with Crippen molar-refractivity contribution in [3.63, 3.8) is 0 Å². The lowest BCUT2D eigenvalue weighted by atomic mass is 10.2. The Bertz CT molecular complexity index is 861. The number of hydrogen-bond donors (Lipinski definition) is 1. The third-order valence-corrected chi connectivity index (χ3v) is 4.20. The second kappa shape index (κ2) is 9.29. The van der Waals surface area contributed by atoms with Gasteiger partial charge in [0.15, 0.2) is 11.6 Å². The summed E-state index contributed by atoms with van der Waals surface area (Å²) in [6.07, 6.45) is 2.49. The largest absolute Gasteiger partial charge is 0.494 e. The molecule has 0 aliphatic carbocycles. The van der Waals surface area contributed by atoms with Gasteiger partial charge in [-0.1, -0.05) is 13.3 Å². The lowest BCUT2D eigenvalue weighted by molar-refractivity contribution is -0.122. The lowest BCUT2D eigenvalue weighted by Gasteiger charge is -2.10. The molecular formula is C18H24F2N4O3. The van der Waals surface area contributed by atoms with Crippen LogP contribution in [0.15, 0.2) is 16.9 Å². The molecule has 2 rings (SSSR count). The average Bonchev–Trinajstić information content (AvgIpc) is 2.94. The van der Waals surface area contributed by atoms with Crippen molar-refractivity contribution in [1.82, 2.24) is 19.7 Å². The zero-order valence-corrected chi connectivity index (χ0v) is 15.7. The molecule has 27 heavy (non-hydrogen) atoms. The molecular weight excluding hydrogens is 358 g/mol. The van der Waals surface area contributed by atoms with E-state index in [1.807, 2.05) is 13.8 Å². The summed E-state index contributed by atoms with van der Waals surface area (Å²) >= 11 is 0. The summed E-state index contributed by atoms with van der Waals surface area (Å²) in [5.41, 5.74) is -0.685. The molecule has 0 aliphatic heterocycles. The second-order valence-electron chi connectivity index (χ2n) is 6.02. The maximum Gasteiger partial charge on any atom is 0.346 e. The number of benzene rings is 1. The van der Waals surface area contributed by atoms with Crippen molar-refractivity contribution in [2.45, 2.75) is 52.7 Å². The van der Waals surface area contributed by atoms with Gasteiger partial charge in [0.1, 0.15) is 18.2 Å². The number of aromatic nitrogens is 3. The minimum Gasteiger partial charge on any atom is -0.494 e. The number of carbonyl (C=O) groups excluding carboxylic acids is 1. The SMILES string of the molecule is CCCCc1nn(CC(=O)NCc2c(F)ccc(OC)c2F)c(=O)n1CC. The van der Waals surface area contributed by atoms with Gasteiger partial charge in [0, 0.05) is 25.1 Å². The number of carbonyl (C=O) groups is 1. The van der Waals surface area contributed by atoms with Crippen molar-refractivity contribution in [3.05, 3.63) is 45.6 Å². The summed E-state index contributed by atoms with van der Waals surface area (Å²) in [5, 5.41) is 6.63. The van der Waals surface area contributed by atoms with E-state index in [2.05, 4.69) is 10.4 Å². The number of halogens is 2. The van der Waals surface area contributed by atoms with E-state index in [4.69, 9.17) is 4.74 Å². The summed E-state index contributed by atoms with van der Waals surface area (Å²) in [7, 11) is 1.27. The number of hydrogen-bond acceptors (Lipinski definition) is 4. The van der Waals surface area contributed by atoms with E-state index in [-0.39, 0.29) is 30.1 Å². The zero-order chi connectivity index (χ0) is 20.0. The Kier molecular flexibility index (Phi) is 7.09. The molecule has 1 N–H and O–H groups in total. The average molecular weight is 382 g/mol. The first-order chi connectivity index (χ1) is 12.9. The van der Waals surface area contributed by atoms with E-state index in [1.165, 1.54) is 17.7 Å². The van der Waals surface area contributed by atoms with Gasteiger partial charge in [-0.3, -0.25) is 9.36 Å². The number of ether oxygens (including phenoxy) is 1. The highest BCUT2D eigenvalue weighted by Crippen LogP contribution is 2.22. The Morgan fingerprint density at radius 1 is 1.30 bits per heavy atom. The second-order valence-corrected chi connectivity index (χ2v) is 6.02. The minimum absolute atomic E-state index is 0.112. The zero-order valence-electron chi connectivity index (χ0n) is 15.7. The van der Waals surface area contributed by atoms with E-state index in [9.17, 15) is 18.4 Å². The fraction of sp³-hybridized carbons (Fsp3) is 0.500. The van der Waals surface area contributed by atoms with Crippen LogP contribution in [0.25, 0.3) is 0 Å². The molecule has 0 fully saturated rings. The van der Waals surface area contributed by atoms with Crippen LogP contribution < -0.4 is 15.7 Å². The van der Waals surface area contributed by atoms with Gasteiger partial charge in [0.2, 0.25) is 5.91 Å². The molecule has 1 aromatic heterocycles. The maximum atomic E-state index is 14.1. The molecule has 1 heterocycles. The molecule has 9 heteroatoms. The number of aryl methyl sites for hydroxylation is 1. The summed E-state index contributed by atoms with van der Waals surface area (Å²) < 4.78 is 35.3. The van der Waals surface area contributed by atoms with Crippen LogP contribution in [-0.2, 0) is 30.8 Å². The summed E-state index contributed by atoms with van der Waals surface area (Å²) in [6.45, 7) is 3.64. The van der Waals surface area contributed by atoms with Crippen LogP contribution >= 0.6 is 0 Å². The van der Waals surface area contributed by atoms with Crippen LogP contribution in [0.2, 0.25) is 0 Å². The van der Waals surface area contributed by atoms with Crippen LogP contribution in [0.5, 0.6) is 5.75 Å². The molecule has 7 nitrogen and oxygen atoms in total. The number of unbranched alkanes of at least 4 members (excludes halogenated alkanes) is 1. The van der Waals surface area contributed by atoms with Crippen LogP contribution in [0.3, 0.4) is 0 Å². The predicted octanol–water partition coefficient (Wildman–Crippen LogP) is 2.01. The van der Waals surface area contributed by atoms with Crippen molar-refractivity contribution >= 4 is 5.91 Å². The molecule has 1 aromatic carbocycles. The van der Waals surface area contributed by atoms with Crippen molar-refractivity contribution in [2.75, 3.05) is 7.11 Å². The van der Waals surface area contributed by atoms with Crippen LogP contribution in [0.1, 0.15) is 38.1 Å². The highest BCUT2D eigenvalue weighted by Gasteiger charge is 2.17. The highest BCUT2D eigenvalue weighted by atomic mass is 19.1. The highest BCUT2D eigenvalue weighted by molar-refractivity contribution is 5.75. The Hall–Kier alpha value is -2.71. The Balaban J connectivity index is 2.09. The Morgan fingerprint density at radius 2 is 2.04 bits per heavy atom. The van der Waals surface area contributed by atoms with Gasteiger partial charge in [-0.15, -0.1) is 0 Å². The minimum atomic E-state index is -0.868. The van der Waals surface area contributed by atoms with Crippen molar-refractivity contribution < 1.29 is 18.3 Å². The molecule has 2 aromatic rings. The van der Waals surface area contributed by atoms with E-state index >= 15 is 0 Å². The first kappa shape index (κ1) is 20.6. The van der Waals surface area contributed by atoms with E-state index in [0.29, 0.717) is 18.8 Å². The topological polar surface area (TPSA) is 78.2 Å². The first-order valence-corrected chi connectivity index (χ1v) is 8.86. The van der Waals surface area contributed by atoms with Crippen molar-refractivity contribution in [1.29, 1.82) is 0 Å². The van der Waals surface area contributed by atoms with Gasteiger partial charge in [-0.25, -0.2) is 18.3 Å². The fourth-order valence-corrected chi connectivity index (χ4v) is 2.70. The van der Waals surface area contributed by atoms with Crippen molar-refractivity contribution in [3.8, 4) is 5.75 Å². The van der Waals surface area contributed by atoms with Crippen LogP contribution in [0, 0.1) is 11.6 Å². The number of rotatable bonds is 9. The Morgan fingerprint density at radius 3 is 2.67 bits per heavy atom. The van der Waals surface area contributed by atoms with Crippen molar-refractivity contribution in [2.24, 2.45) is 0 Å². The van der Waals surface area contributed by atoms with E-state index < -0.39 is 17.5 Å². The molecule has 0 saturated heterocycles. The molecule has 148 valence electrons. The number of nitrogens with zero attached hydrogens (tertiary/aromatic N) is 3. The van der Waals surface area contributed by atoms with Gasteiger partial charge in [-0.05, 0) is 25.5 Å². The molecule has 0 atom stereocenters. The summed E-state index contributed by atoms with van der Waals surface area (Å²) in [4.78, 5) is 24.5. The molecule has 0 spiro atoms. The molecule has 0 radical (unpaired) electrons. The van der Waals surface area contributed by atoms with Gasteiger partial charge < -0.3 is 10.1 Å². The number of amides is 1. The van der Waals surface area contributed by atoms with Crippen LogP contribution in [0.4, 0.5) is 8.78 Å². The molecule has 1 amide bonds. The summed E-state index contributed by atoms with van der Waals surface area (Å²) in [6, 6.07) is 2.24. The van der Waals surface area contributed by atoms with E-state index in [1.54, 1.807) is 0 Å². The monoisotopic (exact) mass is 382 g/mol. The normalized spacial score (nSPS) is 10.9. The fourth-order valence-electron chi connectivity index (χ4n) is 2.70. The smallest absolute Gasteiger partial charge is 0.346 e. The van der Waals surface area contributed by atoms with Crippen LogP contribution in [-0.4, -0.2) is 27.4 Å². The molecule has 0 aliphatic rings. The number of nitrogens with one attached hydrogen (secondary N) is 1. The third-order valence-electron chi connectivity index (χ3n) is 4.20. The molecule has 0 saturated carbocycles. The maximum absolute atomic E-state index is 14.1. The molecule has 0 bridgehead atoms. The lowest BCUT2D eigenvalue weighted by Crippen LogP contribution is -2.33. The van der Waals surface area contributed by atoms with Gasteiger partial charge in [-0.2, -0.15) is 5.10 Å². The standard InChI is InChI=1S/C18H24F2N4O3/c1-4-6-7-15-22-24(18(26)23(15)5-2)11-16(25)21-10-12-13(19)8-9-14(27-3)17(12)20/h8-9H,4-7,10-11H2,1-3H3,(H,21,25). The van der Waals surface area contributed by atoms with Gasteiger partial charge in [0.05, 0.1) is 7.11 Å². The number of methoxy groups -OCH3 is 1. The van der Waals surface area contributed by atoms with E-state index in [0.717, 1.165) is 23.6 Å². The van der Waals surface area contributed by atoms with Gasteiger partial charge >= 0.3 is 5.69 Å². The molecule has 0 unspecified atom stereocenters. The predicted molar refractivity (Wildman–Crippen MR) is 95.5 cm³/mol. The first-order valence-electron chi connectivity index (χ1n) is 8.86. The van der Waals surface area contributed by atoms with Gasteiger partial charge in [0.25, 0.3) is 0 Å². The summed E-state index contributed by atoms with van der Waals surface area (Å²) in [5.74, 6) is -1.71. The quantitative estimate of drug-likeness (QED) is 0.720. The Labute approximate surface area is 155 Å². The third kappa shape index (κ3) is 4.72.